The number of halogens is 4. The molecule has 39 heavy (non-hydrogen) atoms. The number of rotatable bonds is 10. The molecular formula is C27H33F4N3O4S. The molecule has 1 aromatic heterocycles. The summed E-state index contributed by atoms with van der Waals surface area (Å²) in [5.74, 6) is -1.80. The summed E-state index contributed by atoms with van der Waals surface area (Å²) >= 11 is 1.75. The van der Waals surface area contributed by atoms with Crippen LogP contribution in [0.1, 0.15) is 48.5 Å². The van der Waals surface area contributed by atoms with Gasteiger partial charge in [0.1, 0.15) is 11.6 Å². The van der Waals surface area contributed by atoms with Gasteiger partial charge in [-0.2, -0.15) is 20.5 Å². The van der Waals surface area contributed by atoms with Gasteiger partial charge in [0.25, 0.3) is 5.91 Å². The van der Waals surface area contributed by atoms with Gasteiger partial charge in [0.05, 0.1) is 13.2 Å². The van der Waals surface area contributed by atoms with Gasteiger partial charge >= 0.3 is 6.61 Å². The average Bonchev–Trinajstić information content (AvgIpc) is 3.64. The Morgan fingerprint density at radius 3 is 2.44 bits per heavy atom. The van der Waals surface area contributed by atoms with E-state index in [0.29, 0.717) is 24.2 Å². The summed E-state index contributed by atoms with van der Waals surface area (Å²) < 4.78 is 68.2. The quantitative estimate of drug-likeness (QED) is 0.272. The zero-order valence-electron chi connectivity index (χ0n) is 22.2. The number of carbonyl (C=O) groups excluding carboxylic acids is 1. The predicted molar refractivity (Wildman–Crippen MR) is 143 cm³/mol. The van der Waals surface area contributed by atoms with Crippen molar-refractivity contribution in [3.8, 4) is 23.0 Å². The van der Waals surface area contributed by atoms with Gasteiger partial charge in [-0.15, -0.1) is 0 Å². The van der Waals surface area contributed by atoms with Gasteiger partial charge < -0.3 is 24.9 Å². The Labute approximate surface area is 229 Å². The first-order valence-corrected chi connectivity index (χ1v) is 13.9. The summed E-state index contributed by atoms with van der Waals surface area (Å²) in [4.78, 5) is 16.8. The van der Waals surface area contributed by atoms with Gasteiger partial charge in [-0.05, 0) is 55.5 Å². The molecular weight excluding hydrogens is 538 g/mol. The molecule has 3 aromatic rings. The SMILES string of the molecule is CC.CSC.NCc1oc(-c2ccc(OC(F)F)c(OCC3CC3)c2)nc1C(=O)NCc1ccc(F)cc1F. The zero-order valence-corrected chi connectivity index (χ0v) is 23.0. The molecule has 7 nitrogen and oxygen atoms in total. The molecule has 214 valence electrons. The molecule has 12 heteroatoms. The highest BCUT2D eigenvalue weighted by molar-refractivity contribution is 7.97. The fourth-order valence-electron chi connectivity index (χ4n) is 3.15. The van der Waals surface area contributed by atoms with Gasteiger partial charge in [0.15, 0.2) is 23.0 Å². The molecule has 0 aliphatic heterocycles. The Morgan fingerprint density at radius 1 is 1.15 bits per heavy atom. The minimum atomic E-state index is -3.03. The standard InChI is InChI=1S/C23H21F4N3O4.C2H6S.C2H6/c24-15-5-3-14(16(25)8-15)10-29-21(31)20-19(9-28)33-22(30-20)13-4-6-17(34-23(26)27)18(7-13)32-11-12-1-2-12;1-3-2;1-2/h3-8,12,23H,1-2,9-11,28H2,(H,29,31);1-2H3;1-2H3. The monoisotopic (exact) mass is 571 g/mol. The van der Waals surface area contributed by atoms with Crippen LogP contribution in [0.2, 0.25) is 0 Å². The number of benzene rings is 2. The molecule has 1 aliphatic carbocycles. The molecule has 1 saturated carbocycles. The van der Waals surface area contributed by atoms with Crippen LogP contribution >= 0.6 is 11.8 Å². The topological polar surface area (TPSA) is 99.6 Å². The van der Waals surface area contributed by atoms with Gasteiger partial charge in [0.2, 0.25) is 5.89 Å². The van der Waals surface area contributed by atoms with Gasteiger partial charge in [0, 0.05) is 23.7 Å². The fraction of sp³-hybridized carbons (Fsp3) is 0.407. The highest BCUT2D eigenvalue weighted by Crippen LogP contribution is 2.36. The Kier molecular flexibility index (Phi) is 13.1. The predicted octanol–water partition coefficient (Wildman–Crippen LogP) is 6.40. The third kappa shape index (κ3) is 9.77. The lowest BCUT2D eigenvalue weighted by Gasteiger charge is -2.12. The van der Waals surface area contributed by atoms with Crippen molar-refractivity contribution in [2.45, 2.75) is 46.4 Å². The van der Waals surface area contributed by atoms with E-state index in [2.05, 4.69) is 15.0 Å². The van der Waals surface area contributed by atoms with E-state index in [4.69, 9.17) is 14.9 Å². The van der Waals surface area contributed by atoms with E-state index in [1.165, 1.54) is 24.3 Å². The van der Waals surface area contributed by atoms with Crippen molar-refractivity contribution in [2.75, 3.05) is 19.1 Å². The van der Waals surface area contributed by atoms with E-state index in [-0.39, 0.29) is 47.5 Å². The van der Waals surface area contributed by atoms with Crippen LogP contribution in [0, 0.1) is 17.6 Å². The molecule has 1 amide bonds. The normalized spacial score (nSPS) is 12.2. The summed E-state index contributed by atoms with van der Waals surface area (Å²) in [7, 11) is 0. The second kappa shape index (κ2) is 16.0. The summed E-state index contributed by atoms with van der Waals surface area (Å²) in [6, 6.07) is 7.17. The second-order valence-corrected chi connectivity index (χ2v) is 8.93. The first kappa shape index (κ1) is 32.0. The van der Waals surface area contributed by atoms with E-state index < -0.39 is 24.2 Å². The maximum Gasteiger partial charge on any atom is 0.387 e. The van der Waals surface area contributed by atoms with Crippen molar-refractivity contribution in [2.24, 2.45) is 11.7 Å². The second-order valence-electron chi connectivity index (χ2n) is 8.12. The minimum absolute atomic E-state index is 0.0124. The molecule has 0 radical (unpaired) electrons. The van der Waals surface area contributed by atoms with Crippen molar-refractivity contribution < 1.29 is 36.2 Å². The lowest BCUT2D eigenvalue weighted by molar-refractivity contribution is -0.0515. The van der Waals surface area contributed by atoms with Gasteiger partial charge in [-0.3, -0.25) is 4.79 Å². The Bertz CT molecular complexity index is 1210. The highest BCUT2D eigenvalue weighted by Gasteiger charge is 2.25. The molecule has 0 bridgehead atoms. The molecule has 1 aliphatic rings. The number of hydrogen-bond donors (Lipinski definition) is 2. The zero-order chi connectivity index (χ0) is 28.9. The smallest absolute Gasteiger partial charge is 0.387 e. The first-order valence-electron chi connectivity index (χ1n) is 12.3. The molecule has 1 fully saturated rings. The third-order valence-corrected chi connectivity index (χ3v) is 5.13. The van der Waals surface area contributed by atoms with Crippen LogP contribution in [0.3, 0.4) is 0 Å². The number of hydrogen-bond acceptors (Lipinski definition) is 7. The highest BCUT2D eigenvalue weighted by atomic mass is 32.2. The number of alkyl halides is 2. The van der Waals surface area contributed by atoms with Crippen molar-refractivity contribution in [1.29, 1.82) is 0 Å². The Morgan fingerprint density at radius 2 is 1.85 bits per heavy atom. The minimum Gasteiger partial charge on any atom is -0.489 e. The van der Waals surface area contributed by atoms with E-state index in [9.17, 15) is 22.4 Å². The Hall–Kier alpha value is -3.25. The molecule has 0 unspecified atom stereocenters. The van der Waals surface area contributed by atoms with E-state index >= 15 is 0 Å². The van der Waals surface area contributed by atoms with Gasteiger partial charge in [-0.1, -0.05) is 19.9 Å². The number of ether oxygens (including phenoxy) is 2. The van der Waals surface area contributed by atoms with E-state index in [1.807, 2.05) is 26.4 Å². The number of nitrogens with one attached hydrogen (secondary N) is 1. The van der Waals surface area contributed by atoms with E-state index in [0.717, 1.165) is 18.9 Å². The van der Waals surface area contributed by atoms with Crippen LogP contribution in [0.15, 0.2) is 40.8 Å². The number of oxazole rings is 1. The molecule has 0 atom stereocenters. The van der Waals surface area contributed by atoms with E-state index in [1.54, 1.807) is 11.8 Å². The number of carbonyl (C=O) groups is 1. The molecule has 2 aromatic carbocycles. The molecule has 0 saturated heterocycles. The lowest BCUT2D eigenvalue weighted by Crippen LogP contribution is -2.25. The maximum atomic E-state index is 13.8. The number of thioether (sulfide) groups is 1. The summed E-state index contributed by atoms with van der Waals surface area (Å²) in [5, 5.41) is 2.49. The van der Waals surface area contributed by atoms with Crippen LogP contribution in [0.5, 0.6) is 11.5 Å². The third-order valence-electron chi connectivity index (χ3n) is 5.13. The molecule has 3 N–H and O–H groups in total. The van der Waals surface area contributed by atoms with Crippen molar-refractivity contribution >= 4 is 17.7 Å². The summed E-state index contributed by atoms with van der Waals surface area (Å²) in [5.41, 5.74) is 6.00. The number of aromatic nitrogens is 1. The summed E-state index contributed by atoms with van der Waals surface area (Å²) in [6.07, 6.45) is 6.09. The number of nitrogens with two attached hydrogens (primary N) is 1. The van der Waals surface area contributed by atoms with Crippen LogP contribution in [-0.2, 0) is 13.1 Å². The largest absolute Gasteiger partial charge is 0.489 e. The average molecular weight is 572 g/mol. The van der Waals surface area contributed by atoms with Crippen LogP contribution in [-0.4, -0.2) is 36.6 Å². The van der Waals surface area contributed by atoms with Crippen molar-refractivity contribution in [1.82, 2.24) is 10.3 Å². The van der Waals surface area contributed by atoms with Crippen LogP contribution in [0.25, 0.3) is 11.5 Å². The number of amides is 1. The Balaban J connectivity index is 0.000000998. The van der Waals surface area contributed by atoms with Gasteiger partial charge in [-0.25, -0.2) is 13.8 Å². The first-order chi connectivity index (χ1) is 18.7. The van der Waals surface area contributed by atoms with Crippen LogP contribution < -0.4 is 20.5 Å². The van der Waals surface area contributed by atoms with Crippen molar-refractivity contribution in [3.63, 3.8) is 0 Å². The molecule has 4 rings (SSSR count). The lowest BCUT2D eigenvalue weighted by atomic mass is 10.2. The fourth-order valence-corrected chi connectivity index (χ4v) is 3.15. The molecule has 1 heterocycles. The maximum absolute atomic E-state index is 13.8. The van der Waals surface area contributed by atoms with Crippen molar-refractivity contribution in [3.05, 3.63) is 65.1 Å². The number of nitrogens with zero attached hydrogens (tertiary/aromatic N) is 1. The molecule has 0 spiro atoms. The van der Waals surface area contributed by atoms with Crippen LogP contribution in [0.4, 0.5) is 17.6 Å². The summed E-state index contributed by atoms with van der Waals surface area (Å²) in [6.45, 7) is 0.964.